The van der Waals surface area contributed by atoms with Crippen LogP contribution in [0.2, 0.25) is 0 Å². The molecule has 0 saturated heterocycles. The zero-order valence-electron chi connectivity index (χ0n) is 8.00. The lowest BCUT2D eigenvalue weighted by Gasteiger charge is -1.91. The third kappa shape index (κ3) is 2.28. The van der Waals surface area contributed by atoms with Crippen molar-refractivity contribution in [2.24, 2.45) is 0 Å². The Labute approximate surface area is 85.6 Å². The van der Waals surface area contributed by atoms with Crippen molar-refractivity contribution in [1.29, 1.82) is 0 Å². The molecule has 0 radical (unpaired) electrons. The normalized spacial score (nSPS) is 10.7. The van der Waals surface area contributed by atoms with Crippen LogP contribution in [0.25, 0.3) is 5.78 Å². The summed E-state index contributed by atoms with van der Waals surface area (Å²) >= 11 is 0. The summed E-state index contributed by atoms with van der Waals surface area (Å²) in [6.45, 7) is 0. The highest BCUT2D eigenvalue weighted by molar-refractivity contribution is 5.66. The Morgan fingerprint density at radius 3 is 3.13 bits per heavy atom. The molecule has 1 N–H and O–H groups in total. The molecule has 0 aliphatic rings. The number of hydrogen-bond donors (Lipinski definition) is 1. The van der Waals surface area contributed by atoms with Crippen LogP contribution in [0.3, 0.4) is 0 Å². The second-order valence-electron chi connectivity index (χ2n) is 3.20. The number of carboxylic acid groups (broad SMARTS) is 1. The highest BCUT2D eigenvalue weighted by Crippen LogP contribution is 2.05. The van der Waals surface area contributed by atoms with E-state index in [1.807, 2.05) is 6.20 Å². The number of aliphatic carboxylic acids is 1. The molecule has 0 atom stereocenters. The van der Waals surface area contributed by atoms with Gasteiger partial charge in [0.05, 0.1) is 11.9 Å². The minimum atomic E-state index is -0.779. The fraction of sp³-hybridized carbons (Fsp3) is 0.333. The van der Waals surface area contributed by atoms with Crippen LogP contribution in [-0.4, -0.2) is 30.7 Å². The van der Waals surface area contributed by atoms with Crippen LogP contribution >= 0.6 is 0 Å². The van der Waals surface area contributed by atoms with Gasteiger partial charge in [0.25, 0.3) is 5.78 Å². The number of hydrogen-bond acceptors (Lipinski definition) is 4. The van der Waals surface area contributed by atoms with Crippen molar-refractivity contribution in [2.75, 3.05) is 0 Å². The molecule has 2 heterocycles. The van der Waals surface area contributed by atoms with Gasteiger partial charge in [0.15, 0.2) is 0 Å². The molecule has 0 fully saturated rings. The summed E-state index contributed by atoms with van der Waals surface area (Å²) in [7, 11) is 0. The van der Waals surface area contributed by atoms with E-state index in [0.29, 0.717) is 18.6 Å². The van der Waals surface area contributed by atoms with Crippen molar-refractivity contribution in [1.82, 2.24) is 19.6 Å². The fourth-order valence-electron chi connectivity index (χ4n) is 1.34. The van der Waals surface area contributed by atoms with Crippen LogP contribution in [0.5, 0.6) is 0 Å². The highest BCUT2D eigenvalue weighted by atomic mass is 16.4. The molecule has 78 valence electrons. The quantitative estimate of drug-likeness (QED) is 0.789. The van der Waals surface area contributed by atoms with Crippen molar-refractivity contribution in [3.8, 4) is 0 Å². The lowest BCUT2D eigenvalue weighted by atomic mass is 10.2. The lowest BCUT2D eigenvalue weighted by molar-refractivity contribution is -0.137. The number of fused-ring (bicyclic) bond motifs is 1. The molecule has 6 heteroatoms. The minimum absolute atomic E-state index is 0.166. The molecule has 2 aromatic heterocycles. The van der Waals surface area contributed by atoms with Gasteiger partial charge in [-0.05, 0) is 12.8 Å². The molecule has 0 spiro atoms. The maximum Gasteiger partial charge on any atom is 0.303 e. The number of rotatable bonds is 4. The summed E-state index contributed by atoms with van der Waals surface area (Å²) < 4.78 is 1.77. The molecule has 0 saturated carbocycles. The Balaban J connectivity index is 2.05. The SMILES string of the molecule is O=C(O)CCCc1cn2ccnnc2n1. The van der Waals surface area contributed by atoms with Crippen LogP contribution in [-0.2, 0) is 11.2 Å². The largest absolute Gasteiger partial charge is 0.481 e. The van der Waals surface area contributed by atoms with E-state index in [-0.39, 0.29) is 6.42 Å². The van der Waals surface area contributed by atoms with E-state index in [1.54, 1.807) is 16.8 Å². The third-order valence-electron chi connectivity index (χ3n) is 2.03. The summed E-state index contributed by atoms with van der Waals surface area (Å²) in [6, 6.07) is 0. The van der Waals surface area contributed by atoms with Crippen molar-refractivity contribution in [2.45, 2.75) is 19.3 Å². The smallest absolute Gasteiger partial charge is 0.303 e. The second kappa shape index (κ2) is 4.04. The number of aryl methyl sites for hydroxylation is 1. The Hall–Kier alpha value is -1.98. The molecule has 0 aromatic carbocycles. The molecule has 0 unspecified atom stereocenters. The molecule has 2 aromatic rings. The van der Waals surface area contributed by atoms with E-state index in [0.717, 1.165) is 5.69 Å². The van der Waals surface area contributed by atoms with Crippen molar-refractivity contribution in [3.63, 3.8) is 0 Å². The van der Waals surface area contributed by atoms with Crippen LogP contribution in [0.1, 0.15) is 18.5 Å². The van der Waals surface area contributed by atoms with Gasteiger partial charge in [-0.2, -0.15) is 5.10 Å². The van der Waals surface area contributed by atoms with Gasteiger partial charge in [-0.25, -0.2) is 4.98 Å². The van der Waals surface area contributed by atoms with E-state index in [4.69, 9.17) is 5.11 Å². The third-order valence-corrected chi connectivity index (χ3v) is 2.03. The molecule has 6 nitrogen and oxygen atoms in total. The first-order chi connectivity index (χ1) is 7.25. The Morgan fingerprint density at radius 2 is 2.40 bits per heavy atom. The van der Waals surface area contributed by atoms with Crippen LogP contribution in [0.4, 0.5) is 0 Å². The number of imidazole rings is 1. The molecule has 0 aliphatic heterocycles. The van der Waals surface area contributed by atoms with E-state index in [1.165, 1.54) is 0 Å². The van der Waals surface area contributed by atoms with Crippen LogP contribution in [0.15, 0.2) is 18.6 Å². The summed E-state index contributed by atoms with van der Waals surface area (Å²) in [5, 5.41) is 16.0. The predicted octanol–water partition coefficient (Wildman–Crippen LogP) is 0.532. The van der Waals surface area contributed by atoms with E-state index >= 15 is 0 Å². The standard InChI is InChI=1S/C9H10N4O2/c14-8(15)3-1-2-7-6-13-5-4-10-12-9(13)11-7/h4-6H,1-3H2,(H,14,15). The predicted molar refractivity (Wildman–Crippen MR) is 51.4 cm³/mol. The van der Waals surface area contributed by atoms with Gasteiger partial charge < -0.3 is 5.11 Å². The molecule has 0 amide bonds. The van der Waals surface area contributed by atoms with Crippen LogP contribution < -0.4 is 0 Å². The zero-order valence-corrected chi connectivity index (χ0v) is 8.00. The van der Waals surface area contributed by atoms with E-state index < -0.39 is 5.97 Å². The van der Waals surface area contributed by atoms with Crippen molar-refractivity contribution >= 4 is 11.7 Å². The van der Waals surface area contributed by atoms with E-state index in [9.17, 15) is 4.79 Å². The molecule has 0 aliphatic carbocycles. The van der Waals surface area contributed by atoms with Gasteiger partial charge in [-0.1, -0.05) is 0 Å². The Morgan fingerprint density at radius 1 is 1.53 bits per heavy atom. The molecular formula is C9H10N4O2. The fourth-order valence-corrected chi connectivity index (χ4v) is 1.34. The lowest BCUT2D eigenvalue weighted by Crippen LogP contribution is -1.95. The molecule has 15 heavy (non-hydrogen) atoms. The zero-order chi connectivity index (χ0) is 10.7. The monoisotopic (exact) mass is 206 g/mol. The van der Waals surface area contributed by atoms with Crippen LogP contribution in [0, 0.1) is 0 Å². The first kappa shape index (κ1) is 9.57. The Kier molecular flexibility index (Phi) is 2.57. The number of carboxylic acids is 1. The summed E-state index contributed by atoms with van der Waals surface area (Å²) in [5.41, 5.74) is 0.844. The van der Waals surface area contributed by atoms with Gasteiger partial charge in [-0.15, -0.1) is 5.10 Å². The average molecular weight is 206 g/mol. The van der Waals surface area contributed by atoms with Gasteiger partial charge in [0.2, 0.25) is 0 Å². The maximum absolute atomic E-state index is 10.3. The van der Waals surface area contributed by atoms with Gasteiger partial charge in [0.1, 0.15) is 0 Å². The van der Waals surface area contributed by atoms with Crippen molar-refractivity contribution < 1.29 is 9.90 Å². The second-order valence-corrected chi connectivity index (χ2v) is 3.20. The van der Waals surface area contributed by atoms with Crippen molar-refractivity contribution in [3.05, 3.63) is 24.3 Å². The maximum atomic E-state index is 10.3. The highest BCUT2D eigenvalue weighted by Gasteiger charge is 2.03. The van der Waals surface area contributed by atoms with Gasteiger partial charge >= 0.3 is 5.97 Å². The van der Waals surface area contributed by atoms with E-state index in [2.05, 4.69) is 15.2 Å². The molecule has 2 rings (SSSR count). The summed E-state index contributed by atoms with van der Waals surface area (Å²) in [4.78, 5) is 14.5. The van der Waals surface area contributed by atoms with Gasteiger partial charge in [0, 0.05) is 18.8 Å². The Bertz CT molecular complexity index is 447. The average Bonchev–Trinajstić information content (AvgIpc) is 2.59. The number of carbonyl (C=O) groups is 1. The number of aromatic nitrogens is 4. The molecular weight excluding hydrogens is 196 g/mol. The minimum Gasteiger partial charge on any atom is -0.481 e. The number of nitrogens with zero attached hydrogens (tertiary/aromatic N) is 4. The summed E-state index contributed by atoms with van der Waals surface area (Å²) in [5.74, 6) is -0.235. The first-order valence-corrected chi connectivity index (χ1v) is 4.63. The van der Waals surface area contributed by atoms with Gasteiger partial charge in [-0.3, -0.25) is 9.20 Å². The summed E-state index contributed by atoms with van der Waals surface area (Å²) in [6.07, 6.45) is 6.58. The first-order valence-electron chi connectivity index (χ1n) is 4.63. The molecule has 0 bridgehead atoms. The topological polar surface area (TPSA) is 80.4 Å².